The van der Waals surface area contributed by atoms with Crippen molar-refractivity contribution in [3.63, 3.8) is 0 Å². The molecule has 3 rings (SSSR count). The highest BCUT2D eigenvalue weighted by molar-refractivity contribution is 7.13. The van der Waals surface area contributed by atoms with Crippen LogP contribution in [0.2, 0.25) is 0 Å². The van der Waals surface area contributed by atoms with Gasteiger partial charge in [0.05, 0.1) is 23.6 Å². The highest BCUT2D eigenvalue weighted by atomic mass is 32.1. The number of carbonyl (C=O) groups excluding carboxylic acids is 1. The van der Waals surface area contributed by atoms with Gasteiger partial charge in [-0.25, -0.2) is 4.98 Å². The molecular formula is C16H20N4O3S. The standard InChI is InChI=1S/C16H20N4O3S/c1-22-11-5-3-10(4-6-11)18-16(21)12-7-14(23-2)20-15(19-12)13-8-17-9-24-13/h7-11H,3-6H2,1-2H3,(H,18,21)/t10-,11-. The van der Waals surface area contributed by atoms with E-state index in [4.69, 9.17) is 9.47 Å². The Morgan fingerprint density at radius 3 is 2.67 bits per heavy atom. The summed E-state index contributed by atoms with van der Waals surface area (Å²) in [5.41, 5.74) is 2.01. The van der Waals surface area contributed by atoms with Crippen LogP contribution < -0.4 is 10.1 Å². The Labute approximate surface area is 144 Å². The highest BCUT2D eigenvalue weighted by Gasteiger charge is 2.23. The van der Waals surface area contributed by atoms with Crippen molar-refractivity contribution in [2.45, 2.75) is 37.8 Å². The molecule has 8 heteroatoms. The van der Waals surface area contributed by atoms with Crippen LogP contribution in [0.3, 0.4) is 0 Å². The van der Waals surface area contributed by atoms with Gasteiger partial charge < -0.3 is 14.8 Å². The van der Waals surface area contributed by atoms with Crippen molar-refractivity contribution in [1.82, 2.24) is 20.3 Å². The van der Waals surface area contributed by atoms with Gasteiger partial charge in [-0.05, 0) is 25.7 Å². The molecule has 128 valence electrons. The molecule has 2 heterocycles. The Hall–Kier alpha value is -2.06. The first-order valence-electron chi connectivity index (χ1n) is 7.85. The summed E-state index contributed by atoms with van der Waals surface area (Å²) in [4.78, 5) is 26.0. The third kappa shape index (κ3) is 3.88. The van der Waals surface area contributed by atoms with Gasteiger partial charge in [-0.15, -0.1) is 11.3 Å². The van der Waals surface area contributed by atoms with Gasteiger partial charge in [-0.3, -0.25) is 9.78 Å². The third-order valence-electron chi connectivity index (χ3n) is 4.14. The Morgan fingerprint density at radius 1 is 1.25 bits per heavy atom. The summed E-state index contributed by atoms with van der Waals surface area (Å²) in [6.07, 6.45) is 5.71. The fourth-order valence-corrected chi connectivity index (χ4v) is 3.34. The average Bonchev–Trinajstić information content (AvgIpc) is 3.16. The molecule has 1 N–H and O–H groups in total. The molecule has 24 heavy (non-hydrogen) atoms. The lowest BCUT2D eigenvalue weighted by Gasteiger charge is -2.28. The molecule has 0 aliphatic heterocycles. The fourth-order valence-electron chi connectivity index (χ4n) is 2.78. The van der Waals surface area contributed by atoms with Gasteiger partial charge >= 0.3 is 0 Å². The van der Waals surface area contributed by atoms with Crippen LogP contribution >= 0.6 is 11.3 Å². The van der Waals surface area contributed by atoms with Crippen LogP contribution in [0.4, 0.5) is 0 Å². The molecule has 0 radical (unpaired) electrons. The molecule has 1 saturated carbocycles. The SMILES string of the molecule is COc1cc(C(=O)N[C@H]2CC[C@H](OC)CC2)nc(-c2cncs2)n1. The number of rotatable bonds is 5. The third-order valence-corrected chi connectivity index (χ3v) is 4.91. The van der Waals surface area contributed by atoms with Crippen molar-refractivity contribution in [2.24, 2.45) is 0 Å². The van der Waals surface area contributed by atoms with Crippen molar-refractivity contribution in [3.8, 4) is 16.6 Å². The van der Waals surface area contributed by atoms with E-state index < -0.39 is 0 Å². The van der Waals surface area contributed by atoms with E-state index >= 15 is 0 Å². The van der Waals surface area contributed by atoms with Gasteiger partial charge in [0.1, 0.15) is 5.69 Å². The van der Waals surface area contributed by atoms with E-state index in [0.29, 0.717) is 23.5 Å². The maximum atomic E-state index is 12.6. The molecular weight excluding hydrogens is 328 g/mol. The monoisotopic (exact) mass is 348 g/mol. The molecule has 1 aliphatic carbocycles. The molecule has 0 spiro atoms. The van der Waals surface area contributed by atoms with Crippen molar-refractivity contribution in [3.05, 3.63) is 23.5 Å². The molecule has 0 atom stereocenters. The summed E-state index contributed by atoms with van der Waals surface area (Å²) in [7, 11) is 3.25. The van der Waals surface area contributed by atoms with Crippen LogP contribution in [0, 0.1) is 0 Å². The van der Waals surface area contributed by atoms with Crippen molar-refractivity contribution in [1.29, 1.82) is 0 Å². The van der Waals surface area contributed by atoms with Gasteiger partial charge in [0.2, 0.25) is 5.88 Å². The second-order valence-electron chi connectivity index (χ2n) is 5.67. The maximum absolute atomic E-state index is 12.6. The summed E-state index contributed by atoms with van der Waals surface area (Å²) in [5.74, 6) is 0.606. The van der Waals surface area contributed by atoms with Gasteiger partial charge in [0, 0.05) is 25.4 Å². The Bertz CT molecular complexity index is 685. The van der Waals surface area contributed by atoms with E-state index in [1.165, 1.54) is 18.4 Å². The maximum Gasteiger partial charge on any atom is 0.270 e. The fraction of sp³-hybridized carbons (Fsp3) is 0.500. The van der Waals surface area contributed by atoms with Crippen molar-refractivity contribution < 1.29 is 14.3 Å². The molecule has 0 unspecified atom stereocenters. The molecule has 0 aromatic carbocycles. The number of nitrogens with zero attached hydrogens (tertiary/aromatic N) is 3. The first-order chi connectivity index (χ1) is 11.7. The van der Waals surface area contributed by atoms with Crippen LogP contribution in [-0.2, 0) is 4.74 Å². The largest absolute Gasteiger partial charge is 0.481 e. The van der Waals surface area contributed by atoms with Gasteiger partial charge in [0.15, 0.2) is 5.82 Å². The number of amides is 1. The van der Waals surface area contributed by atoms with Crippen molar-refractivity contribution >= 4 is 17.2 Å². The van der Waals surface area contributed by atoms with Crippen LogP contribution in [0.5, 0.6) is 5.88 Å². The van der Waals surface area contributed by atoms with E-state index in [9.17, 15) is 4.79 Å². The topological polar surface area (TPSA) is 86.2 Å². The minimum absolute atomic E-state index is 0.150. The van der Waals surface area contributed by atoms with Crippen molar-refractivity contribution in [2.75, 3.05) is 14.2 Å². The summed E-state index contributed by atoms with van der Waals surface area (Å²) in [6.45, 7) is 0. The normalized spacial score (nSPS) is 20.6. The Balaban J connectivity index is 1.73. The van der Waals surface area contributed by atoms with E-state index in [0.717, 1.165) is 30.6 Å². The number of hydrogen-bond acceptors (Lipinski definition) is 7. The zero-order chi connectivity index (χ0) is 16.9. The van der Waals surface area contributed by atoms with Gasteiger partial charge in [0.25, 0.3) is 5.91 Å². The highest BCUT2D eigenvalue weighted by Crippen LogP contribution is 2.23. The number of ether oxygens (including phenoxy) is 2. The average molecular weight is 348 g/mol. The second kappa shape index (κ2) is 7.67. The number of hydrogen-bond donors (Lipinski definition) is 1. The summed E-state index contributed by atoms with van der Waals surface area (Å²) < 4.78 is 10.6. The lowest BCUT2D eigenvalue weighted by molar-refractivity contribution is 0.0598. The molecule has 1 fully saturated rings. The smallest absolute Gasteiger partial charge is 0.270 e. The Kier molecular flexibility index (Phi) is 5.37. The van der Waals surface area contributed by atoms with E-state index in [-0.39, 0.29) is 11.9 Å². The molecule has 0 bridgehead atoms. The predicted octanol–water partition coefficient (Wildman–Crippen LogP) is 2.30. The van der Waals surface area contributed by atoms with E-state index in [1.807, 2.05) is 0 Å². The summed E-state index contributed by atoms with van der Waals surface area (Å²) in [5, 5.41) is 3.05. The van der Waals surface area contributed by atoms with Crippen LogP contribution in [-0.4, -0.2) is 47.2 Å². The minimum Gasteiger partial charge on any atom is -0.481 e. The quantitative estimate of drug-likeness (QED) is 0.892. The predicted molar refractivity (Wildman–Crippen MR) is 90.2 cm³/mol. The second-order valence-corrected chi connectivity index (χ2v) is 6.55. The van der Waals surface area contributed by atoms with Crippen LogP contribution in [0.1, 0.15) is 36.2 Å². The number of carbonyl (C=O) groups is 1. The zero-order valence-corrected chi connectivity index (χ0v) is 14.5. The molecule has 2 aromatic heterocycles. The molecule has 2 aromatic rings. The lowest BCUT2D eigenvalue weighted by Crippen LogP contribution is -2.39. The number of methoxy groups -OCH3 is 2. The number of nitrogens with one attached hydrogen (secondary N) is 1. The first-order valence-corrected chi connectivity index (χ1v) is 8.73. The molecule has 1 aliphatic rings. The Morgan fingerprint density at radius 2 is 2.04 bits per heavy atom. The first kappa shape index (κ1) is 16.8. The lowest BCUT2D eigenvalue weighted by atomic mass is 9.93. The van der Waals surface area contributed by atoms with Gasteiger partial charge in [-0.1, -0.05) is 0 Å². The summed E-state index contributed by atoms with van der Waals surface area (Å²) in [6, 6.07) is 1.71. The molecule has 0 saturated heterocycles. The van der Waals surface area contributed by atoms with Gasteiger partial charge in [-0.2, -0.15) is 4.98 Å². The van der Waals surface area contributed by atoms with E-state index in [1.54, 1.807) is 24.9 Å². The minimum atomic E-state index is -0.206. The number of thiazole rings is 1. The van der Waals surface area contributed by atoms with Crippen LogP contribution in [0.15, 0.2) is 17.8 Å². The molecule has 1 amide bonds. The van der Waals surface area contributed by atoms with Crippen LogP contribution in [0.25, 0.3) is 10.7 Å². The van der Waals surface area contributed by atoms with E-state index in [2.05, 4.69) is 20.3 Å². The zero-order valence-electron chi connectivity index (χ0n) is 13.7. The molecule has 7 nitrogen and oxygen atoms in total. The number of aromatic nitrogens is 3. The summed E-state index contributed by atoms with van der Waals surface area (Å²) >= 11 is 1.42.